The van der Waals surface area contributed by atoms with E-state index < -0.39 is 11.9 Å². The minimum Gasteiger partial charge on any atom is -0.351 e. The van der Waals surface area contributed by atoms with Crippen LogP contribution in [0.4, 0.5) is 10.1 Å². The number of hydrogen-bond donors (Lipinski definition) is 1. The van der Waals surface area contributed by atoms with Crippen molar-refractivity contribution in [1.82, 2.24) is 14.9 Å². The standard InChI is InChI=1S/C29H29FN4O2S/c30-22-6-4-9-25(18-22)34(27(35)19-26-10-5-17-37-26)28(29(36)32-23-7-2-1-3-8-23)21-11-13-24(14-12-21)33-16-15-31-20-33/h4-6,9-18,20,23,28H,1-3,7-8,19H2,(H,32,36). The van der Waals surface area contributed by atoms with E-state index in [2.05, 4.69) is 10.3 Å². The number of nitrogens with one attached hydrogen (secondary N) is 1. The molecule has 2 amide bonds. The lowest BCUT2D eigenvalue weighted by Gasteiger charge is -2.33. The van der Waals surface area contributed by atoms with E-state index in [1.165, 1.54) is 34.8 Å². The fourth-order valence-corrected chi connectivity index (χ4v) is 5.59. The molecule has 1 unspecified atom stereocenters. The van der Waals surface area contributed by atoms with Crippen molar-refractivity contribution >= 4 is 28.8 Å². The molecule has 2 heterocycles. The van der Waals surface area contributed by atoms with Crippen molar-refractivity contribution in [3.05, 3.63) is 101 Å². The molecule has 0 bridgehead atoms. The lowest BCUT2D eigenvalue weighted by Crippen LogP contribution is -2.47. The molecule has 190 valence electrons. The summed E-state index contributed by atoms with van der Waals surface area (Å²) in [6.07, 6.45) is 10.5. The maximum Gasteiger partial charge on any atom is 0.248 e. The van der Waals surface area contributed by atoms with Crippen LogP contribution in [0.5, 0.6) is 0 Å². The first kappa shape index (κ1) is 24.9. The molecule has 37 heavy (non-hydrogen) atoms. The quantitative estimate of drug-likeness (QED) is 0.320. The van der Waals surface area contributed by atoms with Crippen LogP contribution in [0.1, 0.15) is 48.6 Å². The van der Waals surface area contributed by atoms with Gasteiger partial charge in [0.25, 0.3) is 0 Å². The highest BCUT2D eigenvalue weighted by Gasteiger charge is 2.34. The van der Waals surface area contributed by atoms with Gasteiger partial charge in [0.15, 0.2) is 0 Å². The summed E-state index contributed by atoms with van der Waals surface area (Å²) in [5.74, 6) is -0.991. The summed E-state index contributed by atoms with van der Waals surface area (Å²) in [7, 11) is 0. The molecule has 0 radical (unpaired) electrons. The van der Waals surface area contributed by atoms with E-state index in [1.807, 2.05) is 52.5 Å². The molecule has 4 aromatic rings. The van der Waals surface area contributed by atoms with Gasteiger partial charge >= 0.3 is 0 Å². The minimum absolute atomic E-state index is 0.0655. The highest BCUT2D eigenvalue weighted by atomic mass is 32.1. The highest BCUT2D eigenvalue weighted by molar-refractivity contribution is 7.10. The number of anilines is 1. The Morgan fingerprint density at radius 2 is 1.89 bits per heavy atom. The Morgan fingerprint density at radius 3 is 2.57 bits per heavy atom. The number of carbonyl (C=O) groups is 2. The first-order chi connectivity index (χ1) is 18.1. The number of thiophene rings is 1. The Labute approximate surface area is 219 Å². The van der Waals surface area contributed by atoms with E-state index in [1.54, 1.807) is 24.7 Å². The van der Waals surface area contributed by atoms with Crippen LogP contribution in [0.25, 0.3) is 5.69 Å². The molecule has 6 nitrogen and oxygen atoms in total. The topological polar surface area (TPSA) is 67.2 Å². The zero-order valence-electron chi connectivity index (χ0n) is 20.4. The lowest BCUT2D eigenvalue weighted by molar-refractivity contribution is -0.127. The smallest absolute Gasteiger partial charge is 0.248 e. The van der Waals surface area contributed by atoms with Crippen LogP contribution < -0.4 is 10.2 Å². The molecule has 8 heteroatoms. The Balaban J connectivity index is 1.55. The van der Waals surface area contributed by atoms with Gasteiger partial charge in [0.2, 0.25) is 11.8 Å². The van der Waals surface area contributed by atoms with Crippen molar-refractivity contribution in [1.29, 1.82) is 0 Å². The predicted octanol–water partition coefficient (Wildman–Crippen LogP) is 5.84. The van der Waals surface area contributed by atoms with E-state index in [0.29, 0.717) is 11.3 Å². The minimum atomic E-state index is -0.951. The summed E-state index contributed by atoms with van der Waals surface area (Å²) in [5.41, 5.74) is 1.89. The van der Waals surface area contributed by atoms with Gasteiger partial charge in [0.05, 0.1) is 12.7 Å². The van der Waals surface area contributed by atoms with Gasteiger partial charge in [-0.15, -0.1) is 11.3 Å². The molecule has 1 atom stereocenters. The number of nitrogens with zero attached hydrogens (tertiary/aromatic N) is 3. The van der Waals surface area contributed by atoms with Gasteiger partial charge < -0.3 is 9.88 Å². The lowest BCUT2D eigenvalue weighted by atomic mass is 9.94. The number of carbonyl (C=O) groups excluding carboxylic acids is 2. The fraction of sp³-hybridized carbons (Fsp3) is 0.276. The average molecular weight is 517 g/mol. The predicted molar refractivity (Wildman–Crippen MR) is 143 cm³/mol. The Morgan fingerprint density at radius 1 is 1.08 bits per heavy atom. The largest absolute Gasteiger partial charge is 0.351 e. The molecule has 0 saturated heterocycles. The average Bonchev–Trinajstić information content (AvgIpc) is 3.63. The Kier molecular flexibility index (Phi) is 7.75. The molecule has 1 aliphatic carbocycles. The van der Waals surface area contributed by atoms with Crippen LogP contribution in [-0.2, 0) is 16.0 Å². The zero-order chi connectivity index (χ0) is 25.6. The molecule has 1 N–H and O–H groups in total. The fourth-order valence-electron chi connectivity index (χ4n) is 4.90. The summed E-state index contributed by atoms with van der Waals surface area (Å²) in [5, 5.41) is 5.11. The van der Waals surface area contributed by atoms with Gasteiger partial charge in [-0.25, -0.2) is 9.37 Å². The van der Waals surface area contributed by atoms with Crippen LogP contribution in [0.15, 0.2) is 84.8 Å². The van der Waals surface area contributed by atoms with Gasteiger partial charge in [-0.3, -0.25) is 14.5 Å². The normalized spacial score (nSPS) is 14.7. The number of halogens is 1. The molecule has 0 spiro atoms. The van der Waals surface area contributed by atoms with Crippen LogP contribution in [0.2, 0.25) is 0 Å². The molecular formula is C29H29FN4O2S. The first-order valence-electron chi connectivity index (χ1n) is 12.6. The van der Waals surface area contributed by atoms with Crippen LogP contribution in [0, 0.1) is 5.82 Å². The number of hydrogen-bond acceptors (Lipinski definition) is 4. The van der Waals surface area contributed by atoms with Gasteiger partial charge in [-0.2, -0.15) is 0 Å². The number of aromatic nitrogens is 2. The molecule has 2 aromatic heterocycles. The summed E-state index contributed by atoms with van der Waals surface area (Å²) in [6.45, 7) is 0. The first-order valence-corrected chi connectivity index (χ1v) is 13.4. The van der Waals surface area contributed by atoms with Crippen molar-refractivity contribution in [3.8, 4) is 5.69 Å². The van der Waals surface area contributed by atoms with Crippen molar-refractivity contribution < 1.29 is 14.0 Å². The molecule has 5 rings (SSSR count). The van der Waals surface area contributed by atoms with Crippen LogP contribution in [-0.4, -0.2) is 27.4 Å². The Bertz CT molecular complexity index is 1320. The molecular weight excluding hydrogens is 487 g/mol. The van der Waals surface area contributed by atoms with Gasteiger partial charge in [-0.05, 0) is 60.2 Å². The number of rotatable bonds is 8. The van der Waals surface area contributed by atoms with Crippen molar-refractivity contribution in [2.75, 3.05) is 4.90 Å². The third-order valence-corrected chi connectivity index (χ3v) is 7.61. The van der Waals surface area contributed by atoms with Gasteiger partial charge in [-0.1, -0.05) is 43.5 Å². The van der Waals surface area contributed by atoms with Crippen LogP contribution in [0.3, 0.4) is 0 Å². The summed E-state index contributed by atoms with van der Waals surface area (Å²) >= 11 is 1.48. The van der Waals surface area contributed by atoms with Crippen molar-refractivity contribution in [3.63, 3.8) is 0 Å². The van der Waals surface area contributed by atoms with Crippen molar-refractivity contribution in [2.24, 2.45) is 0 Å². The zero-order valence-corrected chi connectivity index (χ0v) is 21.2. The van der Waals surface area contributed by atoms with Gasteiger partial charge in [0.1, 0.15) is 11.9 Å². The number of benzene rings is 2. The monoisotopic (exact) mass is 516 g/mol. The summed E-state index contributed by atoms with van der Waals surface area (Å²) < 4.78 is 16.2. The third-order valence-electron chi connectivity index (χ3n) is 6.73. The Hall–Kier alpha value is -3.78. The van der Waals surface area contributed by atoms with E-state index in [4.69, 9.17) is 0 Å². The summed E-state index contributed by atoms with van der Waals surface area (Å²) in [6, 6.07) is 16.3. The molecule has 1 saturated carbocycles. The molecule has 0 aliphatic heterocycles. The third kappa shape index (κ3) is 5.97. The second-order valence-corrected chi connectivity index (χ2v) is 10.3. The molecule has 1 fully saturated rings. The highest BCUT2D eigenvalue weighted by Crippen LogP contribution is 2.31. The SMILES string of the molecule is O=C(NC1CCCCC1)C(c1ccc(-n2ccnc2)cc1)N(C(=O)Cc1cccs1)c1cccc(F)c1. The number of amides is 2. The van der Waals surface area contributed by atoms with E-state index in [0.717, 1.165) is 36.2 Å². The van der Waals surface area contributed by atoms with Crippen molar-refractivity contribution in [2.45, 2.75) is 50.6 Å². The second kappa shape index (κ2) is 11.5. The maximum absolute atomic E-state index is 14.4. The number of imidazole rings is 1. The molecule has 1 aliphatic rings. The second-order valence-electron chi connectivity index (χ2n) is 9.31. The maximum atomic E-state index is 14.4. The van der Waals surface area contributed by atoms with E-state index in [9.17, 15) is 14.0 Å². The molecule has 2 aromatic carbocycles. The van der Waals surface area contributed by atoms with E-state index in [-0.39, 0.29) is 24.3 Å². The van der Waals surface area contributed by atoms with Gasteiger partial charge in [0, 0.05) is 34.7 Å². The summed E-state index contributed by atoms with van der Waals surface area (Å²) in [4.78, 5) is 34.2. The van der Waals surface area contributed by atoms with E-state index >= 15 is 0 Å². The van der Waals surface area contributed by atoms with Crippen LogP contribution >= 0.6 is 11.3 Å².